The standard InChI is InChI=1S/C7H6N2/c1-2-6-3-5-9-7(6)8-4-1/h1-5H,(H,8,9)/i3D. The predicted octanol–water partition coefficient (Wildman–Crippen LogP) is 1.56. The van der Waals surface area contributed by atoms with E-state index in [4.69, 9.17) is 1.37 Å². The van der Waals surface area contributed by atoms with Crippen LogP contribution in [0, 0.1) is 0 Å². The minimum Gasteiger partial charge on any atom is -0.346 e. The first kappa shape index (κ1) is 3.67. The van der Waals surface area contributed by atoms with E-state index in [2.05, 4.69) is 9.97 Å². The van der Waals surface area contributed by atoms with Crippen LogP contribution in [0.15, 0.2) is 30.6 Å². The molecule has 0 aromatic carbocycles. The zero-order valence-corrected chi connectivity index (χ0v) is 4.76. The Labute approximate surface area is 53.9 Å². The third-order valence-corrected chi connectivity index (χ3v) is 1.24. The van der Waals surface area contributed by atoms with Gasteiger partial charge < -0.3 is 4.98 Å². The van der Waals surface area contributed by atoms with Gasteiger partial charge in [0.15, 0.2) is 0 Å². The normalized spacial score (nSPS) is 11.8. The van der Waals surface area contributed by atoms with E-state index in [9.17, 15) is 0 Å². The fraction of sp³-hybridized carbons (Fsp3) is 0. The molecule has 0 aliphatic rings. The summed E-state index contributed by atoms with van der Waals surface area (Å²) >= 11 is 0. The molecule has 0 radical (unpaired) electrons. The zero-order chi connectivity index (χ0) is 6.97. The van der Waals surface area contributed by atoms with Crippen LogP contribution in [0.3, 0.4) is 0 Å². The molecule has 0 fully saturated rings. The molecule has 2 rings (SSSR count). The Morgan fingerprint density at radius 2 is 2.67 bits per heavy atom. The smallest absolute Gasteiger partial charge is 0.137 e. The van der Waals surface area contributed by atoms with Gasteiger partial charge in [-0.2, -0.15) is 0 Å². The number of pyridine rings is 1. The number of aromatic nitrogens is 2. The number of rotatable bonds is 0. The lowest BCUT2D eigenvalue weighted by atomic mass is 10.3. The fourth-order valence-corrected chi connectivity index (χ4v) is 0.819. The van der Waals surface area contributed by atoms with Gasteiger partial charge in [-0.05, 0) is 18.2 Å². The molecule has 2 aromatic heterocycles. The van der Waals surface area contributed by atoms with Crippen LogP contribution >= 0.6 is 0 Å². The molecule has 1 N–H and O–H groups in total. The highest BCUT2D eigenvalue weighted by atomic mass is 14.8. The first-order chi connectivity index (χ1) is 4.88. The minimum atomic E-state index is 0.503. The summed E-state index contributed by atoms with van der Waals surface area (Å²) in [7, 11) is 0. The van der Waals surface area contributed by atoms with E-state index >= 15 is 0 Å². The molecule has 2 aromatic rings. The quantitative estimate of drug-likeness (QED) is 0.560. The summed E-state index contributed by atoms with van der Waals surface area (Å²) in [6.07, 6.45) is 3.34. The van der Waals surface area contributed by atoms with Crippen LogP contribution < -0.4 is 0 Å². The summed E-state index contributed by atoms with van der Waals surface area (Å²) < 4.78 is 7.37. The van der Waals surface area contributed by atoms with Crippen molar-refractivity contribution in [3.63, 3.8) is 0 Å². The van der Waals surface area contributed by atoms with Gasteiger partial charge in [0.1, 0.15) is 5.65 Å². The maximum absolute atomic E-state index is 7.37. The van der Waals surface area contributed by atoms with E-state index in [1.807, 2.05) is 12.1 Å². The Hall–Kier alpha value is -1.31. The molecule has 0 atom stereocenters. The van der Waals surface area contributed by atoms with Crippen LogP contribution in [0.2, 0.25) is 0 Å². The number of H-pyrrole nitrogens is 1. The SMILES string of the molecule is [2H]c1c[nH]c2ncccc12. The summed E-state index contributed by atoms with van der Waals surface area (Å²) in [5, 5.41) is 0.877. The van der Waals surface area contributed by atoms with Crippen LogP contribution in [-0.2, 0) is 0 Å². The number of hydrogen-bond acceptors (Lipinski definition) is 1. The van der Waals surface area contributed by atoms with Crippen LogP contribution in [0.1, 0.15) is 1.37 Å². The number of fused-ring (bicyclic) bond motifs is 1. The molecule has 44 valence electrons. The van der Waals surface area contributed by atoms with Crippen molar-refractivity contribution in [2.24, 2.45) is 0 Å². The van der Waals surface area contributed by atoms with Crippen molar-refractivity contribution >= 4 is 11.0 Å². The van der Waals surface area contributed by atoms with Crippen molar-refractivity contribution in [3.8, 4) is 0 Å². The van der Waals surface area contributed by atoms with Gasteiger partial charge in [0.2, 0.25) is 0 Å². The Morgan fingerprint density at radius 1 is 1.67 bits per heavy atom. The molecule has 0 amide bonds. The van der Waals surface area contributed by atoms with Gasteiger partial charge in [-0.15, -0.1) is 0 Å². The number of nitrogens with zero attached hydrogens (tertiary/aromatic N) is 1. The second-order valence-corrected chi connectivity index (χ2v) is 1.83. The Balaban J connectivity index is 2.93. The number of hydrogen-bond donors (Lipinski definition) is 1. The maximum atomic E-state index is 7.37. The van der Waals surface area contributed by atoms with Crippen molar-refractivity contribution < 1.29 is 1.37 Å². The summed E-state index contributed by atoms with van der Waals surface area (Å²) in [4.78, 5) is 6.92. The predicted molar refractivity (Wildman–Crippen MR) is 36.1 cm³/mol. The number of nitrogens with one attached hydrogen (secondary N) is 1. The molecule has 2 nitrogen and oxygen atoms in total. The lowest BCUT2D eigenvalue weighted by Gasteiger charge is -1.82. The van der Waals surface area contributed by atoms with E-state index in [1.165, 1.54) is 0 Å². The summed E-state index contributed by atoms with van der Waals surface area (Å²) in [6, 6.07) is 4.21. The summed E-state index contributed by atoms with van der Waals surface area (Å²) in [5.41, 5.74) is 0.785. The van der Waals surface area contributed by atoms with Crippen molar-refractivity contribution in [3.05, 3.63) is 30.6 Å². The highest BCUT2D eigenvalue weighted by Gasteiger charge is 1.88. The van der Waals surface area contributed by atoms with E-state index in [0.717, 1.165) is 11.0 Å². The largest absolute Gasteiger partial charge is 0.346 e. The molecule has 0 saturated heterocycles. The van der Waals surface area contributed by atoms with Crippen LogP contribution in [0.25, 0.3) is 11.0 Å². The summed E-state index contributed by atoms with van der Waals surface area (Å²) in [6.45, 7) is 0. The second-order valence-electron chi connectivity index (χ2n) is 1.83. The first-order valence-electron chi connectivity index (χ1n) is 3.26. The van der Waals surface area contributed by atoms with Crippen molar-refractivity contribution in [1.82, 2.24) is 9.97 Å². The van der Waals surface area contributed by atoms with Gasteiger partial charge >= 0.3 is 0 Å². The van der Waals surface area contributed by atoms with E-state index < -0.39 is 0 Å². The molecular formula is C7H6N2. The molecule has 0 aliphatic carbocycles. The van der Waals surface area contributed by atoms with E-state index in [-0.39, 0.29) is 0 Å². The lowest BCUT2D eigenvalue weighted by molar-refractivity contribution is 1.33. The monoisotopic (exact) mass is 119 g/mol. The van der Waals surface area contributed by atoms with Gasteiger partial charge in [0, 0.05) is 17.8 Å². The van der Waals surface area contributed by atoms with Gasteiger partial charge in [-0.1, -0.05) is 0 Å². The molecule has 0 aliphatic heterocycles. The second kappa shape index (κ2) is 1.58. The van der Waals surface area contributed by atoms with Crippen molar-refractivity contribution in [2.45, 2.75) is 0 Å². The van der Waals surface area contributed by atoms with Gasteiger partial charge in [-0.3, -0.25) is 0 Å². The molecular weight excluding hydrogens is 112 g/mol. The molecule has 2 heterocycles. The van der Waals surface area contributed by atoms with Gasteiger partial charge in [0.05, 0.1) is 1.37 Å². The Morgan fingerprint density at radius 3 is 3.56 bits per heavy atom. The molecule has 9 heavy (non-hydrogen) atoms. The highest BCUT2D eigenvalue weighted by Crippen LogP contribution is 2.05. The van der Waals surface area contributed by atoms with Crippen molar-refractivity contribution in [1.29, 1.82) is 0 Å². The molecule has 0 saturated carbocycles. The summed E-state index contributed by atoms with van der Waals surface area (Å²) in [5.74, 6) is 0. The molecule has 0 bridgehead atoms. The average molecular weight is 119 g/mol. The zero-order valence-electron chi connectivity index (χ0n) is 5.76. The highest BCUT2D eigenvalue weighted by molar-refractivity contribution is 5.74. The third-order valence-electron chi connectivity index (χ3n) is 1.24. The van der Waals surface area contributed by atoms with Crippen LogP contribution in [-0.4, -0.2) is 9.97 Å². The van der Waals surface area contributed by atoms with Crippen LogP contribution in [0.4, 0.5) is 0 Å². The topological polar surface area (TPSA) is 28.7 Å². The average Bonchev–Trinajstić information content (AvgIpc) is 2.34. The van der Waals surface area contributed by atoms with E-state index in [0.29, 0.717) is 6.04 Å². The Bertz CT molecular complexity index is 353. The van der Waals surface area contributed by atoms with Crippen molar-refractivity contribution in [2.75, 3.05) is 0 Å². The third kappa shape index (κ3) is 0.598. The molecule has 0 spiro atoms. The molecule has 2 heteroatoms. The maximum Gasteiger partial charge on any atom is 0.137 e. The first-order valence-corrected chi connectivity index (χ1v) is 2.76. The van der Waals surface area contributed by atoms with Gasteiger partial charge in [0.25, 0.3) is 0 Å². The van der Waals surface area contributed by atoms with Crippen LogP contribution in [0.5, 0.6) is 0 Å². The minimum absolute atomic E-state index is 0.503. The number of aromatic amines is 1. The fourth-order valence-electron chi connectivity index (χ4n) is 0.819. The Kier molecular flexibility index (Phi) is 0.646. The molecule has 0 unspecified atom stereocenters. The lowest BCUT2D eigenvalue weighted by Crippen LogP contribution is -1.70. The van der Waals surface area contributed by atoms with Gasteiger partial charge in [-0.25, -0.2) is 4.98 Å². The van der Waals surface area contributed by atoms with E-state index in [1.54, 1.807) is 12.4 Å².